The molecule has 3 fully saturated rings. The molecule has 4 aliphatic carbocycles. The van der Waals surface area contributed by atoms with E-state index in [1.807, 2.05) is 0 Å². The molecule has 4 nitrogen and oxygen atoms in total. The number of alkyl halides is 2. The smallest absolute Gasteiger partial charge is 0.178 e. The van der Waals surface area contributed by atoms with Crippen molar-refractivity contribution in [2.45, 2.75) is 63.6 Å². The third kappa shape index (κ3) is 1.91. The van der Waals surface area contributed by atoms with Gasteiger partial charge in [-0.2, -0.15) is 0 Å². The van der Waals surface area contributed by atoms with Crippen LogP contribution in [0.5, 0.6) is 0 Å². The Morgan fingerprint density at radius 3 is 2.57 bits per heavy atom. The first-order chi connectivity index (χ1) is 12.8. The van der Waals surface area contributed by atoms with E-state index in [9.17, 15) is 19.8 Å². The average Bonchev–Trinajstić information content (AvgIpc) is 2.81. The van der Waals surface area contributed by atoms with Gasteiger partial charge in [0.15, 0.2) is 17.2 Å². The van der Waals surface area contributed by atoms with Crippen molar-refractivity contribution in [2.75, 3.05) is 0 Å². The van der Waals surface area contributed by atoms with Gasteiger partial charge in [-0.3, -0.25) is 9.59 Å². The first-order valence-corrected chi connectivity index (χ1v) is 9.72. The highest BCUT2D eigenvalue weighted by molar-refractivity contribution is 6.01. The van der Waals surface area contributed by atoms with Gasteiger partial charge in [-0.1, -0.05) is 19.6 Å². The van der Waals surface area contributed by atoms with Crippen molar-refractivity contribution in [2.24, 2.45) is 22.7 Å². The number of hydrogen-bond acceptors (Lipinski definition) is 4. The van der Waals surface area contributed by atoms with Gasteiger partial charge in [0.2, 0.25) is 0 Å². The van der Waals surface area contributed by atoms with Crippen LogP contribution in [0.4, 0.5) is 8.78 Å². The molecule has 0 heterocycles. The molecule has 4 rings (SSSR count). The Morgan fingerprint density at radius 1 is 1.32 bits per heavy atom. The lowest BCUT2D eigenvalue weighted by molar-refractivity contribution is -0.219. The maximum atomic E-state index is 16.8. The normalized spacial score (nSPS) is 52.6. The summed E-state index contributed by atoms with van der Waals surface area (Å²) in [5.74, 6) is -2.37. The minimum atomic E-state index is -2.22. The molecule has 28 heavy (non-hydrogen) atoms. The second kappa shape index (κ2) is 5.48. The lowest BCUT2D eigenvalue weighted by atomic mass is 9.44. The van der Waals surface area contributed by atoms with E-state index in [2.05, 4.69) is 6.58 Å². The van der Waals surface area contributed by atoms with Crippen molar-refractivity contribution in [1.29, 1.82) is 0 Å². The van der Waals surface area contributed by atoms with E-state index >= 15 is 8.78 Å². The van der Waals surface area contributed by atoms with Crippen molar-refractivity contribution < 1.29 is 28.6 Å². The van der Waals surface area contributed by atoms with Crippen molar-refractivity contribution in [3.63, 3.8) is 0 Å². The Labute approximate surface area is 163 Å². The van der Waals surface area contributed by atoms with E-state index in [-0.39, 0.29) is 24.8 Å². The van der Waals surface area contributed by atoms with Crippen molar-refractivity contribution >= 4 is 11.6 Å². The third-order valence-electron chi connectivity index (χ3n) is 8.33. The topological polar surface area (TPSA) is 74.6 Å². The molecule has 0 bridgehead atoms. The summed E-state index contributed by atoms with van der Waals surface area (Å²) < 4.78 is 32.0. The molecule has 4 aliphatic rings. The molecule has 0 radical (unpaired) electrons. The number of allylic oxidation sites excluding steroid dienone is 4. The van der Waals surface area contributed by atoms with E-state index in [4.69, 9.17) is 0 Å². The third-order valence-corrected chi connectivity index (χ3v) is 8.33. The van der Waals surface area contributed by atoms with E-state index in [1.54, 1.807) is 6.92 Å². The van der Waals surface area contributed by atoms with Crippen LogP contribution in [0.15, 0.2) is 36.0 Å². The summed E-state index contributed by atoms with van der Waals surface area (Å²) in [4.78, 5) is 24.1. The van der Waals surface area contributed by atoms with Crippen LogP contribution in [0.25, 0.3) is 0 Å². The molecule has 0 aliphatic heterocycles. The predicted molar refractivity (Wildman–Crippen MR) is 98.8 cm³/mol. The zero-order valence-corrected chi connectivity index (χ0v) is 16.3. The first kappa shape index (κ1) is 19.6. The van der Waals surface area contributed by atoms with Gasteiger partial charge in [0.05, 0.1) is 6.10 Å². The quantitative estimate of drug-likeness (QED) is 0.673. The van der Waals surface area contributed by atoms with Gasteiger partial charge in [-0.05, 0) is 62.3 Å². The highest BCUT2D eigenvalue weighted by Crippen LogP contribution is 2.70. The van der Waals surface area contributed by atoms with Crippen LogP contribution in [-0.2, 0) is 9.59 Å². The maximum Gasteiger partial charge on any atom is 0.178 e. The first-order valence-electron chi connectivity index (χ1n) is 9.72. The molecule has 8 atom stereocenters. The standard InChI is InChI=1S/C22H26F2O4/c1-11-7-14-15-9-17(23)16-8-13(26)5-6-19(16,3)21(15,24)18(27)10-20(14,4)22(11,28)12(2)25/h5-6,8,14-15,17-18,27-28H,1,7,9-10H2,2-4H3/t14-,15-,17?,18?,19-,20-,21-,22-/m0/s1. The van der Waals surface area contributed by atoms with Crippen LogP contribution < -0.4 is 0 Å². The van der Waals surface area contributed by atoms with Crippen LogP contribution in [0.2, 0.25) is 0 Å². The fourth-order valence-electron chi connectivity index (χ4n) is 6.82. The largest absolute Gasteiger partial charge is 0.390 e. The molecule has 0 amide bonds. The van der Waals surface area contributed by atoms with Gasteiger partial charge >= 0.3 is 0 Å². The zero-order chi connectivity index (χ0) is 20.9. The Bertz CT molecular complexity index is 863. The minimum absolute atomic E-state index is 0.0556. The Morgan fingerprint density at radius 2 is 1.96 bits per heavy atom. The second-order valence-electron chi connectivity index (χ2n) is 9.43. The SMILES string of the molecule is C=C1C[C@H]2[C@@H]3CC(F)C4=CC(=O)C=C[C@]4(C)[C@@]3(F)C(O)C[C@]2(C)[C@@]1(O)C(C)=O. The molecule has 0 aromatic heterocycles. The van der Waals surface area contributed by atoms with E-state index in [0.29, 0.717) is 5.57 Å². The minimum Gasteiger partial charge on any atom is -0.390 e. The summed E-state index contributed by atoms with van der Waals surface area (Å²) >= 11 is 0. The molecule has 0 saturated heterocycles. The Kier molecular flexibility index (Phi) is 3.85. The number of ketones is 2. The van der Waals surface area contributed by atoms with Gasteiger partial charge in [-0.15, -0.1) is 0 Å². The van der Waals surface area contributed by atoms with E-state index in [1.165, 1.54) is 26.0 Å². The average molecular weight is 392 g/mol. The number of aliphatic hydroxyl groups is 2. The molecule has 152 valence electrons. The zero-order valence-electron chi connectivity index (χ0n) is 16.3. The second-order valence-corrected chi connectivity index (χ2v) is 9.43. The molecule has 6 heteroatoms. The molecule has 0 aromatic carbocycles. The molecular formula is C22H26F2O4. The number of rotatable bonds is 1. The van der Waals surface area contributed by atoms with Gasteiger partial charge < -0.3 is 10.2 Å². The number of carbonyl (C=O) groups excluding carboxylic acids is 2. The molecule has 2 N–H and O–H groups in total. The van der Waals surface area contributed by atoms with Crippen molar-refractivity contribution in [1.82, 2.24) is 0 Å². The highest BCUT2D eigenvalue weighted by atomic mass is 19.1. The Balaban J connectivity index is 1.90. The fraction of sp³-hybridized carbons (Fsp3) is 0.636. The summed E-state index contributed by atoms with van der Waals surface area (Å²) in [6.07, 6.45) is 0.494. The Hall–Kier alpha value is -1.66. The predicted octanol–water partition coefficient (Wildman–Crippen LogP) is 2.79. The van der Waals surface area contributed by atoms with Gasteiger partial charge in [0.25, 0.3) is 0 Å². The molecule has 3 saturated carbocycles. The van der Waals surface area contributed by atoms with Crippen LogP contribution in [0.3, 0.4) is 0 Å². The molecule has 0 spiro atoms. The number of halogens is 2. The summed E-state index contributed by atoms with van der Waals surface area (Å²) in [6.45, 7) is 8.32. The molecule has 2 unspecified atom stereocenters. The lowest BCUT2D eigenvalue weighted by Gasteiger charge is -2.62. The number of Topliss-reactive ketones (excluding diaryl/α,β-unsaturated/α-hetero) is 1. The number of carbonyl (C=O) groups is 2. The van der Waals surface area contributed by atoms with Crippen molar-refractivity contribution in [3.05, 3.63) is 36.0 Å². The van der Waals surface area contributed by atoms with Gasteiger partial charge in [-0.25, -0.2) is 8.78 Å². The number of fused-ring (bicyclic) bond motifs is 5. The van der Waals surface area contributed by atoms with Crippen LogP contribution in [-0.4, -0.2) is 45.3 Å². The maximum absolute atomic E-state index is 16.8. The fourth-order valence-corrected chi connectivity index (χ4v) is 6.82. The molecule has 0 aromatic rings. The monoisotopic (exact) mass is 392 g/mol. The van der Waals surface area contributed by atoms with Gasteiger partial charge in [0.1, 0.15) is 11.8 Å². The summed E-state index contributed by atoms with van der Waals surface area (Å²) in [5.41, 5.74) is -6.35. The summed E-state index contributed by atoms with van der Waals surface area (Å²) in [7, 11) is 0. The number of hydrogen-bond donors (Lipinski definition) is 2. The molecular weight excluding hydrogens is 366 g/mol. The van der Waals surface area contributed by atoms with Crippen molar-refractivity contribution in [3.8, 4) is 0 Å². The highest BCUT2D eigenvalue weighted by Gasteiger charge is 2.75. The van der Waals surface area contributed by atoms with E-state index < -0.39 is 57.8 Å². The number of aliphatic hydroxyl groups excluding tert-OH is 1. The summed E-state index contributed by atoms with van der Waals surface area (Å²) in [6, 6.07) is 0. The van der Waals surface area contributed by atoms with Crippen LogP contribution >= 0.6 is 0 Å². The van der Waals surface area contributed by atoms with Gasteiger partial charge in [0, 0.05) is 16.7 Å². The van der Waals surface area contributed by atoms with Crippen LogP contribution in [0.1, 0.15) is 40.0 Å². The van der Waals surface area contributed by atoms with E-state index in [0.717, 1.165) is 6.08 Å². The van der Waals surface area contributed by atoms with Crippen LogP contribution in [0, 0.1) is 22.7 Å². The lowest BCUT2D eigenvalue weighted by Crippen LogP contribution is -2.70. The summed E-state index contributed by atoms with van der Waals surface area (Å²) in [5, 5.41) is 22.3.